The smallest absolute Gasteiger partial charge is 0.135 e. The van der Waals surface area contributed by atoms with E-state index in [2.05, 4.69) is 225 Å². The van der Waals surface area contributed by atoms with Crippen LogP contribution in [0.5, 0.6) is 11.5 Å². The summed E-state index contributed by atoms with van der Waals surface area (Å²) >= 11 is 0. The SMILES string of the molecule is CCC(CC)(c1ccccc1)c1ccnc(-n2c3[c-]c(Oc4[c-]c(N5[CH-]N(c6cc(C(C)(C)C)cc(C(C)(C)C)c6)c6ccccc65)ccc4)ccc3c3cc(C(C)(C)C)ccc32)c1.[Pt]. The maximum Gasteiger partial charge on any atom is 0.135 e. The molecule has 0 radical (unpaired) electrons. The Hall–Kier alpha value is -5.64. The molecule has 0 saturated carbocycles. The molecule has 2 aromatic heterocycles. The van der Waals surface area contributed by atoms with E-state index in [1.807, 2.05) is 24.4 Å². The van der Waals surface area contributed by atoms with E-state index in [0.717, 1.165) is 57.8 Å². The molecular weight excluding hydrogens is 976 g/mol. The molecule has 0 saturated heterocycles. The molecule has 0 amide bonds. The molecule has 0 aliphatic carbocycles. The number of aromatic nitrogens is 2. The molecule has 9 rings (SSSR count). The first-order valence-electron chi connectivity index (χ1n) is 22.9. The quantitative estimate of drug-likeness (QED) is 0.135. The van der Waals surface area contributed by atoms with Crippen LogP contribution in [0.4, 0.5) is 22.7 Å². The molecular formula is C59H61N4OPt-3. The van der Waals surface area contributed by atoms with Crippen molar-refractivity contribution >= 4 is 44.6 Å². The molecule has 0 bridgehead atoms. The van der Waals surface area contributed by atoms with Gasteiger partial charge in [-0.3, -0.25) is 0 Å². The van der Waals surface area contributed by atoms with Crippen molar-refractivity contribution in [2.24, 2.45) is 0 Å². The van der Waals surface area contributed by atoms with E-state index in [-0.39, 0.29) is 42.7 Å². The van der Waals surface area contributed by atoms with Gasteiger partial charge in [0, 0.05) is 66.8 Å². The van der Waals surface area contributed by atoms with Crippen molar-refractivity contribution in [3.05, 3.63) is 186 Å². The maximum atomic E-state index is 6.73. The van der Waals surface area contributed by atoms with Gasteiger partial charge in [0.2, 0.25) is 0 Å². The van der Waals surface area contributed by atoms with Gasteiger partial charge in [-0.25, -0.2) is 4.98 Å². The van der Waals surface area contributed by atoms with E-state index in [1.54, 1.807) is 0 Å². The zero-order valence-electron chi connectivity index (χ0n) is 39.8. The zero-order chi connectivity index (χ0) is 45.2. The maximum absolute atomic E-state index is 6.73. The summed E-state index contributed by atoms with van der Waals surface area (Å²) in [6.45, 7) is 27.3. The van der Waals surface area contributed by atoms with E-state index in [0.29, 0.717) is 11.5 Å². The number of hydrogen-bond acceptors (Lipinski definition) is 4. The fourth-order valence-corrected chi connectivity index (χ4v) is 9.40. The number of pyridine rings is 1. The molecule has 0 spiro atoms. The molecule has 0 atom stereocenters. The van der Waals surface area contributed by atoms with Crippen LogP contribution in [-0.2, 0) is 42.7 Å². The second-order valence-corrected chi connectivity index (χ2v) is 20.6. The van der Waals surface area contributed by atoms with Gasteiger partial charge in [-0.15, -0.1) is 48.1 Å². The van der Waals surface area contributed by atoms with Gasteiger partial charge in [0.25, 0.3) is 0 Å². The summed E-state index contributed by atoms with van der Waals surface area (Å²) in [5.74, 6) is 2.08. The van der Waals surface area contributed by atoms with Crippen molar-refractivity contribution in [1.29, 1.82) is 0 Å². The fourth-order valence-electron chi connectivity index (χ4n) is 9.40. The predicted octanol–water partition coefficient (Wildman–Crippen LogP) is 16.0. The van der Waals surface area contributed by atoms with E-state index >= 15 is 0 Å². The monoisotopic (exact) mass is 1040 g/mol. The van der Waals surface area contributed by atoms with Crippen molar-refractivity contribution in [2.45, 2.75) is 111 Å². The number of ether oxygens (including phenoxy) is 1. The van der Waals surface area contributed by atoms with Crippen LogP contribution in [0.3, 0.4) is 0 Å². The van der Waals surface area contributed by atoms with Crippen LogP contribution >= 0.6 is 0 Å². The first kappa shape index (κ1) is 45.9. The van der Waals surface area contributed by atoms with Crippen LogP contribution in [0.2, 0.25) is 0 Å². The van der Waals surface area contributed by atoms with Gasteiger partial charge in [0.1, 0.15) is 5.82 Å². The number of rotatable bonds is 9. The first-order chi connectivity index (χ1) is 30.5. The molecule has 5 nitrogen and oxygen atoms in total. The van der Waals surface area contributed by atoms with Crippen LogP contribution in [0.25, 0.3) is 27.6 Å². The number of anilines is 4. The summed E-state index contributed by atoms with van der Waals surface area (Å²) in [5.41, 5.74) is 12.5. The van der Waals surface area contributed by atoms with Crippen molar-refractivity contribution in [1.82, 2.24) is 9.55 Å². The molecule has 0 unspecified atom stereocenters. The average Bonchev–Trinajstić information content (AvgIpc) is 3.82. The summed E-state index contributed by atoms with van der Waals surface area (Å²) in [4.78, 5) is 9.58. The van der Waals surface area contributed by atoms with Crippen LogP contribution in [0.1, 0.15) is 117 Å². The fraction of sp³-hybridized carbons (Fsp3) is 0.288. The van der Waals surface area contributed by atoms with Crippen LogP contribution in [-0.4, -0.2) is 9.55 Å². The van der Waals surface area contributed by atoms with E-state index in [1.165, 1.54) is 33.2 Å². The third-order valence-corrected chi connectivity index (χ3v) is 13.4. The molecule has 6 heteroatoms. The zero-order valence-corrected chi connectivity index (χ0v) is 42.1. The van der Waals surface area contributed by atoms with Crippen molar-refractivity contribution < 1.29 is 25.8 Å². The van der Waals surface area contributed by atoms with Gasteiger partial charge in [-0.2, -0.15) is 12.1 Å². The van der Waals surface area contributed by atoms with Crippen molar-refractivity contribution in [3.8, 4) is 17.3 Å². The Morgan fingerprint density at radius 2 is 1.17 bits per heavy atom. The van der Waals surface area contributed by atoms with Gasteiger partial charge >= 0.3 is 0 Å². The van der Waals surface area contributed by atoms with Crippen LogP contribution < -0.4 is 14.5 Å². The number of fused-ring (bicyclic) bond motifs is 4. The summed E-state index contributed by atoms with van der Waals surface area (Å²) < 4.78 is 8.99. The Labute approximate surface area is 401 Å². The second-order valence-electron chi connectivity index (χ2n) is 20.6. The molecule has 65 heavy (non-hydrogen) atoms. The topological polar surface area (TPSA) is 33.5 Å². The third-order valence-electron chi connectivity index (χ3n) is 13.4. The first-order valence-corrected chi connectivity index (χ1v) is 22.9. The van der Waals surface area contributed by atoms with Crippen molar-refractivity contribution in [2.75, 3.05) is 9.80 Å². The number of nitrogens with zero attached hydrogens (tertiary/aromatic N) is 4. The van der Waals surface area contributed by atoms with Gasteiger partial charge in [-0.1, -0.05) is 142 Å². The van der Waals surface area contributed by atoms with E-state index < -0.39 is 0 Å². The molecule has 0 N–H and O–H groups in total. The molecule has 8 aromatic rings. The number of benzene rings is 6. The summed E-state index contributed by atoms with van der Waals surface area (Å²) in [7, 11) is 0. The Morgan fingerprint density at radius 3 is 1.82 bits per heavy atom. The van der Waals surface area contributed by atoms with Gasteiger partial charge in [0.15, 0.2) is 0 Å². The van der Waals surface area contributed by atoms with Crippen LogP contribution in [0, 0.1) is 18.8 Å². The minimum Gasteiger partial charge on any atom is -0.509 e. The second kappa shape index (κ2) is 17.3. The standard InChI is InChI=1S/C59H61N4O.Pt/c1-12-59(13-2,40-20-15-14-16-21-40)42-30-31-60-55(36-42)63-51-29-26-41(56(3,4)5)35-50(51)49-28-27-48(38-54(49)63)64-47-23-19-22-45(37-47)61-39-62(53-25-18-17-24-52(53)61)46-33-43(57(6,7)8)32-44(34-46)58(9,10)11;/h14-36,39H,12-13H2,1-11H3;/q-3;. The molecule has 1 aliphatic heterocycles. The van der Waals surface area contributed by atoms with Crippen molar-refractivity contribution in [3.63, 3.8) is 0 Å². The molecule has 0 fully saturated rings. The minimum atomic E-state index is -0.147. The largest absolute Gasteiger partial charge is 0.509 e. The Morgan fingerprint density at radius 1 is 0.538 bits per heavy atom. The Kier molecular flexibility index (Phi) is 12.2. The molecule has 336 valence electrons. The Balaban J connectivity index is 0.00000576. The number of hydrogen-bond donors (Lipinski definition) is 0. The van der Waals surface area contributed by atoms with Gasteiger partial charge in [-0.05, 0) is 105 Å². The Bertz CT molecular complexity index is 2960. The molecule has 1 aliphatic rings. The van der Waals surface area contributed by atoms with Gasteiger partial charge in [0.05, 0.1) is 0 Å². The summed E-state index contributed by atoms with van der Waals surface area (Å²) in [6, 6.07) is 55.5. The number of para-hydroxylation sites is 2. The average molecular weight is 1040 g/mol. The van der Waals surface area contributed by atoms with E-state index in [4.69, 9.17) is 9.72 Å². The molecule has 6 aromatic carbocycles. The normalized spacial score (nSPS) is 13.3. The molecule has 3 heterocycles. The van der Waals surface area contributed by atoms with Gasteiger partial charge < -0.3 is 19.1 Å². The van der Waals surface area contributed by atoms with Crippen LogP contribution in [0.15, 0.2) is 140 Å². The third kappa shape index (κ3) is 8.54. The summed E-state index contributed by atoms with van der Waals surface area (Å²) in [6.07, 6.45) is 3.91. The predicted molar refractivity (Wildman–Crippen MR) is 268 cm³/mol. The minimum absolute atomic E-state index is 0. The van der Waals surface area contributed by atoms with E-state index in [9.17, 15) is 0 Å². The summed E-state index contributed by atoms with van der Waals surface area (Å²) in [5, 5.41) is 2.27.